The van der Waals surface area contributed by atoms with Crippen molar-refractivity contribution in [2.45, 2.75) is 50.5 Å². The summed E-state index contributed by atoms with van der Waals surface area (Å²) in [5.41, 5.74) is 3.40. The van der Waals surface area contributed by atoms with Gasteiger partial charge in [0.15, 0.2) is 11.4 Å². The first-order chi connectivity index (χ1) is 12.2. The van der Waals surface area contributed by atoms with Crippen LogP contribution in [0.4, 0.5) is 6.01 Å². The van der Waals surface area contributed by atoms with Crippen molar-refractivity contribution in [3.63, 3.8) is 0 Å². The van der Waals surface area contributed by atoms with Crippen molar-refractivity contribution in [3.05, 3.63) is 35.5 Å². The smallest absolute Gasteiger partial charge is 0.365 e. The van der Waals surface area contributed by atoms with E-state index in [0.717, 1.165) is 66.9 Å². The number of Topliss-reactive ketones (excluding diaryl/α,β-unsaturated/α-hetero) is 1. The first-order valence-electron chi connectivity index (χ1n) is 9.05. The second-order valence-corrected chi connectivity index (χ2v) is 7.16. The molecule has 128 valence electrons. The van der Waals surface area contributed by atoms with Crippen molar-refractivity contribution in [2.75, 3.05) is 5.32 Å². The third-order valence-corrected chi connectivity index (χ3v) is 5.51. The molecule has 1 spiro atoms. The lowest BCUT2D eigenvalue weighted by Crippen LogP contribution is -2.92. The van der Waals surface area contributed by atoms with E-state index < -0.39 is 0 Å². The molecule has 2 aliphatic carbocycles. The molecule has 1 aromatic heterocycles. The van der Waals surface area contributed by atoms with Crippen LogP contribution >= 0.6 is 0 Å². The summed E-state index contributed by atoms with van der Waals surface area (Å²) < 4.78 is 5.77. The van der Waals surface area contributed by atoms with E-state index in [4.69, 9.17) is 4.42 Å². The number of hydrogen-bond acceptors (Lipinski definition) is 5. The van der Waals surface area contributed by atoms with Crippen molar-refractivity contribution in [3.8, 4) is 0 Å². The average Bonchev–Trinajstić information content (AvgIpc) is 3.21. The third kappa shape index (κ3) is 2.35. The Balaban J connectivity index is 1.51. The van der Waals surface area contributed by atoms with Gasteiger partial charge in [0.1, 0.15) is 11.1 Å². The number of rotatable bonds is 1. The highest BCUT2D eigenvalue weighted by Gasteiger charge is 2.48. The molecule has 25 heavy (non-hydrogen) atoms. The highest BCUT2D eigenvalue weighted by molar-refractivity contribution is 6.01. The molecule has 3 aliphatic rings. The summed E-state index contributed by atoms with van der Waals surface area (Å²) in [6.45, 7) is 0. The maximum absolute atomic E-state index is 12.6. The summed E-state index contributed by atoms with van der Waals surface area (Å²) in [7, 11) is 0. The molecule has 0 atom stereocenters. The Kier molecular flexibility index (Phi) is 3.20. The Bertz CT molecular complexity index is 885. The minimum Gasteiger partial charge on any atom is -0.412 e. The van der Waals surface area contributed by atoms with Gasteiger partial charge in [0.05, 0.1) is 11.3 Å². The predicted octanol–water partition coefficient (Wildman–Crippen LogP) is 1.60. The summed E-state index contributed by atoms with van der Waals surface area (Å²) in [6, 6.07) is 8.15. The fourth-order valence-corrected chi connectivity index (χ4v) is 4.46. The fourth-order valence-electron chi connectivity index (χ4n) is 4.46. The minimum atomic E-state index is -0.230. The van der Waals surface area contributed by atoms with Gasteiger partial charge >= 0.3 is 12.0 Å². The number of aromatic nitrogens is 1. The quantitative estimate of drug-likeness (QED) is 0.736. The molecule has 0 saturated heterocycles. The second kappa shape index (κ2) is 5.44. The molecule has 6 heteroatoms. The average molecular weight is 337 g/mol. The molecular formula is C19H21N4O2+. The maximum Gasteiger partial charge on any atom is 0.365 e. The molecule has 1 aliphatic heterocycles. The van der Waals surface area contributed by atoms with E-state index in [1.54, 1.807) is 0 Å². The van der Waals surface area contributed by atoms with Gasteiger partial charge in [-0.3, -0.25) is 9.79 Å². The van der Waals surface area contributed by atoms with E-state index in [2.05, 4.69) is 20.6 Å². The summed E-state index contributed by atoms with van der Waals surface area (Å²) >= 11 is 0. The molecule has 5 rings (SSSR count). The minimum absolute atomic E-state index is 0.230. The van der Waals surface area contributed by atoms with Crippen molar-refractivity contribution < 1.29 is 14.2 Å². The van der Waals surface area contributed by atoms with E-state index in [-0.39, 0.29) is 5.54 Å². The SMILES string of the molecule is O=C1CCCC2=C1C1(CCCC1)[NH+]=C(Nc1nc3ccccc3o1)N2. The van der Waals surface area contributed by atoms with Crippen LogP contribution in [0, 0.1) is 0 Å². The predicted molar refractivity (Wildman–Crippen MR) is 93.8 cm³/mol. The number of hydrogen-bond donors (Lipinski definition) is 3. The summed E-state index contributed by atoms with van der Waals surface area (Å²) in [4.78, 5) is 20.6. The summed E-state index contributed by atoms with van der Waals surface area (Å²) in [5.74, 6) is 1.06. The second-order valence-electron chi connectivity index (χ2n) is 7.16. The van der Waals surface area contributed by atoms with Crippen LogP contribution in [0.25, 0.3) is 11.1 Å². The normalized spacial score (nSPS) is 22.1. The van der Waals surface area contributed by atoms with Crippen molar-refractivity contribution in [1.29, 1.82) is 0 Å². The number of ketones is 1. The van der Waals surface area contributed by atoms with Gasteiger partial charge < -0.3 is 4.42 Å². The largest absolute Gasteiger partial charge is 0.412 e. The molecule has 0 unspecified atom stereocenters. The molecule has 1 fully saturated rings. The first kappa shape index (κ1) is 14.7. The molecule has 1 aromatic carbocycles. The number of nitrogens with zero attached hydrogens (tertiary/aromatic N) is 1. The van der Waals surface area contributed by atoms with Crippen LogP contribution in [0.1, 0.15) is 44.9 Å². The zero-order valence-electron chi connectivity index (χ0n) is 14.0. The van der Waals surface area contributed by atoms with Gasteiger partial charge in [-0.05, 0) is 44.2 Å². The highest BCUT2D eigenvalue weighted by atomic mass is 16.4. The Morgan fingerprint density at radius 2 is 2.00 bits per heavy atom. The number of guanidine groups is 1. The van der Waals surface area contributed by atoms with Crippen LogP contribution in [0.15, 0.2) is 40.0 Å². The Morgan fingerprint density at radius 3 is 2.84 bits per heavy atom. The number of benzene rings is 1. The van der Waals surface area contributed by atoms with Gasteiger partial charge in [0.25, 0.3) is 0 Å². The Morgan fingerprint density at radius 1 is 1.16 bits per heavy atom. The summed E-state index contributed by atoms with van der Waals surface area (Å²) in [5, 5.41) is 6.62. The van der Waals surface area contributed by atoms with Crippen molar-refractivity contribution in [2.24, 2.45) is 0 Å². The van der Waals surface area contributed by atoms with E-state index in [1.807, 2.05) is 24.3 Å². The highest BCUT2D eigenvalue weighted by Crippen LogP contribution is 2.38. The molecule has 0 radical (unpaired) electrons. The third-order valence-electron chi connectivity index (χ3n) is 5.51. The van der Waals surface area contributed by atoms with Gasteiger partial charge in [0, 0.05) is 12.8 Å². The van der Waals surface area contributed by atoms with Crippen molar-refractivity contribution in [1.82, 2.24) is 10.3 Å². The zero-order valence-corrected chi connectivity index (χ0v) is 14.0. The van der Waals surface area contributed by atoms with Crippen LogP contribution in [-0.4, -0.2) is 22.3 Å². The lowest BCUT2D eigenvalue weighted by molar-refractivity contribution is -0.543. The lowest BCUT2D eigenvalue weighted by atomic mass is 9.78. The van der Waals surface area contributed by atoms with Gasteiger partial charge in [-0.15, -0.1) is 0 Å². The van der Waals surface area contributed by atoms with Crippen molar-refractivity contribution >= 4 is 28.9 Å². The zero-order chi connectivity index (χ0) is 16.9. The Hall–Kier alpha value is -2.63. The molecule has 6 nitrogen and oxygen atoms in total. The number of carbonyl (C=O) groups excluding carboxylic acids is 1. The number of para-hydroxylation sites is 2. The van der Waals surface area contributed by atoms with Crippen LogP contribution in [-0.2, 0) is 4.79 Å². The summed E-state index contributed by atoms with van der Waals surface area (Å²) in [6.07, 6.45) is 6.79. The fraction of sp³-hybridized carbons (Fsp3) is 0.421. The van der Waals surface area contributed by atoms with Crippen LogP contribution < -0.4 is 15.6 Å². The number of fused-ring (bicyclic) bond motifs is 2. The van der Waals surface area contributed by atoms with Crippen LogP contribution in [0.3, 0.4) is 0 Å². The molecule has 0 amide bonds. The number of nitrogens with one attached hydrogen (secondary N) is 3. The molecule has 2 heterocycles. The molecular weight excluding hydrogens is 316 g/mol. The van der Waals surface area contributed by atoms with Gasteiger partial charge in [-0.1, -0.05) is 12.1 Å². The maximum atomic E-state index is 12.6. The number of oxazole rings is 1. The van der Waals surface area contributed by atoms with E-state index in [9.17, 15) is 4.79 Å². The number of anilines is 1. The van der Waals surface area contributed by atoms with Gasteiger partial charge in [0.2, 0.25) is 0 Å². The monoisotopic (exact) mass is 337 g/mol. The van der Waals surface area contributed by atoms with Crippen LogP contribution in [0.5, 0.6) is 0 Å². The molecule has 2 aromatic rings. The standard InChI is InChI=1S/C19H20N4O2/c24-14-8-5-7-13-16(14)19(10-3-4-11-19)23-17(20-13)22-18-21-12-6-1-2-9-15(12)25-18/h1-2,6,9H,3-5,7-8,10-11H2,(H2,20,21,22,23)/p+1. The Labute approximate surface area is 145 Å². The lowest BCUT2D eigenvalue weighted by Gasteiger charge is -2.33. The van der Waals surface area contributed by atoms with E-state index >= 15 is 0 Å². The topological polar surface area (TPSA) is 81.1 Å². The first-order valence-corrected chi connectivity index (χ1v) is 9.05. The number of allylic oxidation sites excluding steroid dienone is 1. The van der Waals surface area contributed by atoms with E-state index in [0.29, 0.717) is 18.2 Å². The van der Waals surface area contributed by atoms with Crippen LogP contribution in [0.2, 0.25) is 0 Å². The van der Waals surface area contributed by atoms with Gasteiger partial charge in [-0.2, -0.15) is 10.3 Å². The molecule has 3 N–H and O–H groups in total. The molecule has 1 saturated carbocycles. The van der Waals surface area contributed by atoms with E-state index in [1.165, 1.54) is 0 Å². The van der Waals surface area contributed by atoms with Gasteiger partial charge in [-0.25, -0.2) is 5.32 Å². The molecule has 0 bridgehead atoms. The number of carbonyl (C=O) groups is 1.